The van der Waals surface area contributed by atoms with Gasteiger partial charge >= 0.3 is 0 Å². The van der Waals surface area contributed by atoms with E-state index in [4.69, 9.17) is 0 Å². The van der Waals surface area contributed by atoms with Crippen molar-refractivity contribution >= 4 is 5.91 Å². The highest BCUT2D eigenvalue weighted by atomic mass is 16.3. The highest BCUT2D eigenvalue weighted by Crippen LogP contribution is 2.28. The molecule has 74 valence electrons. The molecule has 5 nitrogen and oxygen atoms in total. The minimum atomic E-state index is -0.870. The van der Waals surface area contributed by atoms with Crippen molar-refractivity contribution in [3.8, 4) is 0 Å². The lowest BCUT2D eigenvalue weighted by atomic mass is 9.96. The molecule has 0 spiro atoms. The van der Waals surface area contributed by atoms with E-state index in [1.807, 2.05) is 0 Å². The third-order valence-electron chi connectivity index (χ3n) is 2.86. The van der Waals surface area contributed by atoms with Gasteiger partial charge in [0.25, 0.3) is 0 Å². The molecule has 2 fully saturated rings. The Bertz CT molecular complexity index is 232. The zero-order valence-corrected chi connectivity index (χ0v) is 7.13. The molecule has 5 heteroatoms. The molecular weight excluding hydrogens is 174 g/mol. The highest BCUT2D eigenvalue weighted by molar-refractivity contribution is 5.80. The van der Waals surface area contributed by atoms with Crippen LogP contribution in [0.25, 0.3) is 0 Å². The van der Waals surface area contributed by atoms with E-state index in [1.54, 1.807) is 0 Å². The number of amides is 1. The van der Waals surface area contributed by atoms with Crippen LogP contribution in [0.2, 0.25) is 0 Å². The van der Waals surface area contributed by atoms with E-state index in [0.717, 1.165) is 0 Å². The number of fused-ring (bicyclic) bond motifs is 1. The van der Waals surface area contributed by atoms with Crippen LogP contribution in [0.3, 0.4) is 0 Å². The van der Waals surface area contributed by atoms with Gasteiger partial charge in [-0.25, -0.2) is 0 Å². The predicted octanol–water partition coefficient (Wildman–Crippen LogP) is -1.93. The van der Waals surface area contributed by atoms with Gasteiger partial charge in [-0.2, -0.15) is 0 Å². The van der Waals surface area contributed by atoms with E-state index in [0.29, 0.717) is 0 Å². The Morgan fingerprint density at radius 2 is 1.85 bits per heavy atom. The highest BCUT2D eigenvalue weighted by Gasteiger charge is 2.45. The average Bonchev–Trinajstić information content (AvgIpc) is 2.31. The van der Waals surface area contributed by atoms with Crippen LogP contribution in [0.1, 0.15) is 12.8 Å². The quantitative estimate of drug-likeness (QED) is 0.412. The number of hydrogen-bond donors (Lipinski definition) is 3. The summed E-state index contributed by atoms with van der Waals surface area (Å²) >= 11 is 0. The summed E-state index contributed by atoms with van der Waals surface area (Å²) in [5, 5.41) is 28.1. The largest absolute Gasteiger partial charge is 0.390 e. The number of rotatable bonds is 0. The molecule has 2 aliphatic heterocycles. The molecule has 2 rings (SSSR count). The number of carbonyl (C=O) groups is 1. The van der Waals surface area contributed by atoms with Crippen LogP contribution in [0, 0.1) is 0 Å². The summed E-state index contributed by atoms with van der Waals surface area (Å²) in [5.41, 5.74) is 0. The van der Waals surface area contributed by atoms with Crippen LogP contribution in [0.4, 0.5) is 0 Å². The molecule has 0 saturated carbocycles. The normalized spacial score (nSPS) is 45.2. The van der Waals surface area contributed by atoms with Crippen molar-refractivity contribution < 1.29 is 20.1 Å². The van der Waals surface area contributed by atoms with Gasteiger partial charge in [-0.05, 0) is 6.42 Å². The van der Waals surface area contributed by atoms with Gasteiger partial charge in [-0.3, -0.25) is 4.79 Å². The molecule has 0 radical (unpaired) electrons. The molecule has 0 aromatic carbocycles. The zero-order chi connectivity index (χ0) is 9.59. The van der Waals surface area contributed by atoms with Crippen molar-refractivity contribution in [2.45, 2.75) is 37.2 Å². The van der Waals surface area contributed by atoms with E-state index in [9.17, 15) is 20.1 Å². The summed E-state index contributed by atoms with van der Waals surface area (Å²) in [6.45, 7) is 0.141. The fraction of sp³-hybridized carbons (Fsp3) is 0.875. The molecule has 0 unspecified atom stereocenters. The van der Waals surface area contributed by atoms with Crippen molar-refractivity contribution in [3.63, 3.8) is 0 Å². The lowest BCUT2D eigenvalue weighted by molar-refractivity contribution is -0.136. The number of carbonyl (C=O) groups excluding carboxylic acids is 1. The van der Waals surface area contributed by atoms with Crippen molar-refractivity contribution in [2.24, 2.45) is 0 Å². The second-order valence-corrected chi connectivity index (χ2v) is 3.76. The molecule has 13 heavy (non-hydrogen) atoms. The van der Waals surface area contributed by atoms with E-state index >= 15 is 0 Å². The average molecular weight is 187 g/mol. The Morgan fingerprint density at radius 1 is 1.15 bits per heavy atom. The van der Waals surface area contributed by atoms with Crippen LogP contribution in [0.15, 0.2) is 0 Å². The monoisotopic (exact) mass is 187 g/mol. The fourth-order valence-corrected chi connectivity index (χ4v) is 2.07. The predicted molar refractivity (Wildman–Crippen MR) is 42.8 cm³/mol. The first-order valence-electron chi connectivity index (χ1n) is 4.43. The van der Waals surface area contributed by atoms with E-state index in [2.05, 4.69) is 0 Å². The summed E-state index contributed by atoms with van der Waals surface area (Å²) in [6.07, 6.45) is -1.99. The van der Waals surface area contributed by atoms with Crippen molar-refractivity contribution in [1.29, 1.82) is 0 Å². The van der Waals surface area contributed by atoms with Gasteiger partial charge in [-0.15, -0.1) is 0 Å². The molecular formula is C8H13NO4. The van der Waals surface area contributed by atoms with Crippen molar-refractivity contribution in [3.05, 3.63) is 0 Å². The fourth-order valence-electron chi connectivity index (χ4n) is 2.07. The smallest absolute Gasteiger partial charge is 0.225 e. The van der Waals surface area contributed by atoms with Gasteiger partial charge < -0.3 is 20.2 Å². The van der Waals surface area contributed by atoms with Gasteiger partial charge in [0.15, 0.2) is 0 Å². The van der Waals surface area contributed by atoms with Gasteiger partial charge in [0, 0.05) is 6.54 Å². The van der Waals surface area contributed by atoms with Crippen molar-refractivity contribution in [1.82, 2.24) is 4.90 Å². The second kappa shape index (κ2) is 2.94. The summed E-state index contributed by atoms with van der Waals surface area (Å²) in [4.78, 5) is 12.7. The molecule has 1 amide bonds. The van der Waals surface area contributed by atoms with Gasteiger partial charge in [0.05, 0.1) is 30.8 Å². The van der Waals surface area contributed by atoms with Crippen LogP contribution >= 0.6 is 0 Å². The molecule has 3 N–H and O–H groups in total. The Hall–Kier alpha value is -0.650. The van der Waals surface area contributed by atoms with E-state index < -0.39 is 18.3 Å². The number of aliphatic hydroxyl groups is 3. The first kappa shape index (κ1) is 8.93. The van der Waals surface area contributed by atoms with E-state index in [1.165, 1.54) is 4.90 Å². The number of nitrogens with zero attached hydrogens (tertiary/aromatic N) is 1. The number of piperidine rings is 1. The Kier molecular flexibility index (Phi) is 2.02. The molecule has 0 bridgehead atoms. The molecule has 0 aromatic heterocycles. The molecule has 0 aromatic rings. The molecule has 2 saturated heterocycles. The first-order valence-corrected chi connectivity index (χ1v) is 4.43. The maximum absolute atomic E-state index is 11.2. The number of hydrogen-bond acceptors (Lipinski definition) is 4. The lowest BCUT2D eigenvalue weighted by Gasteiger charge is -2.36. The third kappa shape index (κ3) is 1.33. The number of aliphatic hydroxyl groups excluding tert-OH is 3. The van der Waals surface area contributed by atoms with Crippen molar-refractivity contribution in [2.75, 3.05) is 6.54 Å². The topological polar surface area (TPSA) is 81.0 Å². The molecule has 0 aliphatic carbocycles. The van der Waals surface area contributed by atoms with Gasteiger partial charge in [-0.1, -0.05) is 0 Å². The Balaban J connectivity index is 2.14. The van der Waals surface area contributed by atoms with Crippen LogP contribution < -0.4 is 0 Å². The van der Waals surface area contributed by atoms with Gasteiger partial charge in [0.1, 0.15) is 0 Å². The summed E-state index contributed by atoms with van der Waals surface area (Å²) in [5.74, 6) is -0.136. The maximum atomic E-state index is 11.2. The van der Waals surface area contributed by atoms with Crippen LogP contribution in [-0.2, 0) is 4.79 Å². The molecule has 2 heterocycles. The first-order chi connectivity index (χ1) is 6.09. The Morgan fingerprint density at radius 3 is 2.54 bits per heavy atom. The zero-order valence-electron chi connectivity index (χ0n) is 7.13. The summed E-state index contributed by atoms with van der Waals surface area (Å²) in [7, 11) is 0. The Labute approximate surface area is 75.6 Å². The minimum absolute atomic E-state index is 0.115. The third-order valence-corrected chi connectivity index (χ3v) is 2.86. The summed E-state index contributed by atoms with van der Waals surface area (Å²) in [6, 6.07) is -0.300. The lowest BCUT2D eigenvalue weighted by Crippen LogP contribution is -2.52. The minimum Gasteiger partial charge on any atom is -0.390 e. The molecule has 4 atom stereocenters. The standard InChI is InChI=1S/C8H13NO4/c10-5-2-8(13)9-3-7(12)6(11)1-4(5)9/h4-7,10-12H,1-3H2/t4-,5-,6+,7-/m1/s1. The van der Waals surface area contributed by atoms with Gasteiger partial charge in [0.2, 0.25) is 5.91 Å². The second-order valence-electron chi connectivity index (χ2n) is 3.76. The van der Waals surface area contributed by atoms with Crippen LogP contribution in [0.5, 0.6) is 0 Å². The van der Waals surface area contributed by atoms with Crippen LogP contribution in [-0.4, -0.2) is 57.0 Å². The summed E-state index contributed by atoms with van der Waals surface area (Å²) < 4.78 is 0. The molecule has 2 aliphatic rings. The van der Waals surface area contributed by atoms with E-state index in [-0.39, 0.29) is 31.3 Å². The SMILES string of the molecule is O=C1C[C@@H](O)[C@H]2C[C@H](O)[C@H](O)CN12. The maximum Gasteiger partial charge on any atom is 0.225 e.